The first-order valence-corrected chi connectivity index (χ1v) is 5.89. The van der Waals surface area contributed by atoms with Gasteiger partial charge in [0.2, 0.25) is 5.91 Å². The lowest BCUT2D eigenvalue weighted by molar-refractivity contribution is -0.117. The number of hydrogen-bond acceptors (Lipinski definition) is 1. The molecule has 19 heavy (non-hydrogen) atoms. The van der Waals surface area contributed by atoms with Crippen molar-refractivity contribution in [2.45, 2.75) is 12.8 Å². The minimum absolute atomic E-state index is 0.0193. The number of nitrogens with one attached hydrogen (secondary N) is 1. The molecule has 0 aliphatic carbocycles. The Kier molecular flexibility index (Phi) is 3.90. The zero-order chi connectivity index (χ0) is 13.8. The highest BCUT2D eigenvalue weighted by atomic mass is 19.1. The highest BCUT2D eigenvalue weighted by Crippen LogP contribution is 2.20. The minimum Gasteiger partial charge on any atom is -0.323 e. The van der Waals surface area contributed by atoms with E-state index in [9.17, 15) is 13.6 Å². The molecule has 2 aromatic carbocycles. The lowest BCUT2D eigenvalue weighted by Gasteiger charge is -2.13. The molecule has 0 aliphatic rings. The molecular weight excluding hydrogens is 248 g/mol. The highest BCUT2D eigenvalue weighted by Gasteiger charge is 2.16. The van der Waals surface area contributed by atoms with Crippen LogP contribution in [-0.4, -0.2) is 5.91 Å². The molecule has 0 aliphatic heterocycles. The summed E-state index contributed by atoms with van der Waals surface area (Å²) in [6.07, 6.45) is 0. The molecule has 0 heterocycles. The third kappa shape index (κ3) is 3.16. The third-order valence-electron chi connectivity index (χ3n) is 2.88. The van der Waals surface area contributed by atoms with E-state index >= 15 is 0 Å². The zero-order valence-electron chi connectivity index (χ0n) is 10.4. The molecule has 2 aromatic rings. The third-order valence-corrected chi connectivity index (χ3v) is 2.88. The van der Waals surface area contributed by atoms with Gasteiger partial charge in [0.15, 0.2) is 0 Å². The second kappa shape index (κ2) is 5.61. The van der Waals surface area contributed by atoms with Crippen LogP contribution < -0.4 is 5.32 Å². The van der Waals surface area contributed by atoms with E-state index < -0.39 is 17.6 Å². The predicted molar refractivity (Wildman–Crippen MR) is 69.8 cm³/mol. The highest BCUT2D eigenvalue weighted by molar-refractivity contribution is 5.95. The number of carbonyl (C=O) groups is 1. The van der Waals surface area contributed by atoms with E-state index in [0.717, 1.165) is 17.7 Å². The van der Waals surface area contributed by atoms with Crippen molar-refractivity contribution in [3.63, 3.8) is 0 Å². The van der Waals surface area contributed by atoms with Gasteiger partial charge in [-0.3, -0.25) is 4.79 Å². The Morgan fingerprint density at radius 3 is 2.42 bits per heavy atom. The van der Waals surface area contributed by atoms with Crippen LogP contribution in [-0.2, 0) is 4.79 Å². The standard InChI is InChI=1S/C15H13F2NO/c1-10(11-5-3-2-4-6-11)15(19)18-14-8-7-12(16)9-13(14)17/h2-10H,1H3,(H,18,19)/t10-/m0/s1. The van der Waals surface area contributed by atoms with Crippen LogP contribution in [0.3, 0.4) is 0 Å². The molecule has 1 N–H and O–H groups in total. The average Bonchev–Trinajstić information content (AvgIpc) is 2.42. The summed E-state index contributed by atoms with van der Waals surface area (Å²) in [4.78, 5) is 12.0. The molecule has 0 bridgehead atoms. The van der Waals surface area contributed by atoms with Crippen molar-refractivity contribution in [1.29, 1.82) is 0 Å². The van der Waals surface area contributed by atoms with Gasteiger partial charge in [0.05, 0.1) is 11.6 Å². The summed E-state index contributed by atoms with van der Waals surface area (Å²) in [7, 11) is 0. The molecule has 0 saturated heterocycles. The van der Waals surface area contributed by atoms with E-state index in [2.05, 4.69) is 5.32 Å². The molecular formula is C15H13F2NO. The van der Waals surface area contributed by atoms with Crippen LogP contribution in [0.2, 0.25) is 0 Å². The first kappa shape index (κ1) is 13.2. The Morgan fingerprint density at radius 2 is 1.79 bits per heavy atom. The van der Waals surface area contributed by atoms with E-state index in [1.165, 1.54) is 6.07 Å². The Labute approximate surface area is 110 Å². The number of halogens is 2. The Hall–Kier alpha value is -2.23. The van der Waals surface area contributed by atoms with Gasteiger partial charge in [0.25, 0.3) is 0 Å². The van der Waals surface area contributed by atoms with Gasteiger partial charge in [0.1, 0.15) is 11.6 Å². The summed E-state index contributed by atoms with van der Waals surface area (Å²) in [6, 6.07) is 12.2. The number of carbonyl (C=O) groups excluding carboxylic acids is 1. The summed E-state index contributed by atoms with van der Waals surface area (Å²) in [5.41, 5.74) is 0.816. The normalized spacial score (nSPS) is 11.9. The Bertz CT molecular complexity index is 584. The van der Waals surface area contributed by atoms with Crippen molar-refractivity contribution in [2.24, 2.45) is 0 Å². The molecule has 1 atom stereocenters. The van der Waals surface area contributed by atoms with Crippen LogP contribution in [0.15, 0.2) is 48.5 Å². The molecule has 0 radical (unpaired) electrons. The maximum Gasteiger partial charge on any atom is 0.231 e. The first-order chi connectivity index (χ1) is 9.08. The maximum absolute atomic E-state index is 13.4. The van der Waals surface area contributed by atoms with Crippen LogP contribution in [0, 0.1) is 11.6 Å². The molecule has 0 unspecified atom stereocenters. The van der Waals surface area contributed by atoms with Crippen LogP contribution in [0.4, 0.5) is 14.5 Å². The first-order valence-electron chi connectivity index (χ1n) is 5.89. The van der Waals surface area contributed by atoms with Crippen LogP contribution in [0.25, 0.3) is 0 Å². The van der Waals surface area contributed by atoms with Gasteiger partial charge in [-0.15, -0.1) is 0 Å². The molecule has 0 fully saturated rings. The van der Waals surface area contributed by atoms with Crippen LogP contribution in [0.5, 0.6) is 0 Å². The Balaban J connectivity index is 2.13. The summed E-state index contributed by atoms with van der Waals surface area (Å²) >= 11 is 0. The number of anilines is 1. The quantitative estimate of drug-likeness (QED) is 0.896. The fourth-order valence-corrected chi connectivity index (χ4v) is 1.72. The van der Waals surface area contributed by atoms with Crippen molar-refractivity contribution in [2.75, 3.05) is 5.32 Å². The SMILES string of the molecule is C[C@H](C(=O)Nc1ccc(F)cc1F)c1ccccc1. The predicted octanol–water partition coefficient (Wildman–Crippen LogP) is 3.71. The lowest BCUT2D eigenvalue weighted by atomic mass is 10.0. The fraction of sp³-hybridized carbons (Fsp3) is 0.133. The Morgan fingerprint density at radius 1 is 1.11 bits per heavy atom. The van der Waals surface area contributed by atoms with E-state index in [0.29, 0.717) is 0 Å². The van der Waals surface area contributed by atoms with Gasteiger partial charge < -0.3 is 5.32 Å². The van der Waals surface area contributed by atoms with E-state index in [4.69, 9.17) is 0 Å². The molecule has 0 spiro atoms. The van der Waals surface area contributed by atoms with E-state index in [-0.39, 0.29) is 11.6 Å². The summed E-state index contributed by atoms with van der Waals surface area (Å²) in [6.45, 7) is 1.73. The molecule has 2 rings (SSSR count). The van der Waals surface area contributed by atoms with Gasteiger partial charge in [-0.2, -0.15) is 0 Å². The maximum atomic E-state index is 13.4. The topological polar surface area (TPSA) is 29.1 Å². The average molecular weight is 261 g/mol. The lowest BCUT2D eigenvalue weighted by Crippen LogP contribution is -2.19. The largest absolute Gasteiger partial charge is 0.323 e. The second-order valence-corrected chi connectivity index (χ2v) is 4.25. The molecule has 98 valence electrons. The van der Waals surface area contributed by atoms with Gasteiger partial charge in [-0.25, -0.2) is 8.78 Å². The van der Waals surface area contributed by atoms with E-state index in [1.54, 1.807) is 6.92 Å². The van der Waals surface area contributed by atoms with Gasteiger partial charge in [-0.05, 0) is 24.6 Å². The summed E-state index contributed by atoms with van der Waals surface area (Å²) in [5.74, 6) is -2.21. The molecule has 0 saturated carbocycles. The zero-order valence-corrected chi connectivity index (χ0v) is 10.4. The monoisotopic (exact) mass is 261 g/mol. The summed E-state index contributed by atoms with van der Waals surface area (Å²) in [5, 5.41) is 2.46. The molecule has 0 aromatic heterocycles. The molecule has 4 heteroatoms. The van der Waals surface area contributed by atoms with Gasteiger partial charge in [-0.1, -0.05) is 30.3 Å². The number of amides is 1. The molecule has 2 nitrogen and oxygen atoms in total. The van der Waals surface area contributed by atoms with Crippen molar-refractivity contribution in [3.05, 3.63) is 65.7 Å². The van der Waals surface area contributed by atoms with Crippen molar-refractivity contribution >= 4 is 11.6 Å². The smallest absolute Gasteiger partial charge is 0.231 e. The summed E-state index contributed by atoms with van der Waals surface area (Å²) < 4.78 is 26.2. The van der Waals surface area contributed by atoms with E-state index in [1.807, 2.05) is 30.3 Å². The number of benzene rings is 2. The number of rotatable bonds is 3. The van der Waals surface area contributed by atoms with Gasteiger partial charge >= 0.3 is 0 Å². The second-order valence-electron chi connectivity index (χ2n) is 4.25. The van der Waals surface area contributed by atoms with Crippen molar-refractivity contribution in [3.8, 4) is 0 Å². The fourth-order valence-electron chi connectivity index (χ4n) is 1.72. The van der Waals surface area contributed by atoms with Gasteiger partial charge in [0, 0.05) is 6.07 Å². The van der Waals surface area contributed by atoms with Crippen molar-refractivity contribution < 1.29 is 13.6 Å². The van der Waals surface area contributed by atoms with Crippen LogP contribution >= 0.6 is 0 Å². The molecule has 1 amide bonds. The minimum atomic E-state index is -0.784. The number of hydrogen-bond donors (Lipinski definition) is 1. The van der Waals surface area contributed by atoms with Crippen molar-refractivity contribution in [1.82, 2.24) is 0 Å². The van der Waals surface area contributed by atoms with Crippen LogP contribution in [0.1, 0.15) is 18.4 Å².